The first kappa shape index (κ1) is 19.5. The normalized spacial score (nSPS) is 18.7. The van der Waals surface area contributed by atoms with Crippen molar-refractivity contribution < 1.29 is 9.13 Å². The van der Waals surface area contributed by atoms with Crippen molar-refractivity contribution in [1.82, 2.24) is 5.32 Å². The van der Waals surface area contributed by atoms with Crippen LogP contribution >= 0.6 is 0 Å². The van der Waals surface area contributed by atoms with Gasteiger partial charge in [0.25, 0.3) is 0 Å². The van der Waals surface area contributed by atoms with Gasteiger partial charge in [0.2, 0.25) is 0 Å². The summed E-state index contributed by atoms with van der Waals surface area (Å²) in [6.45, 7) is 11.8. The van der Waals surface area contributed by atoms with Crippen LogP contribution in [0.5, 0.6) is 0 Å². The van der Waals surface area contributed by atoms with E-state index in [9.17, 15) is 4.39 Å². The van der Waals surface area contributed by atoms with Crippen molar-refractivity contribution in [2.75, 3.05) is 0 Å². The van der Waals surface area contributed by atoms with E-state index in [0.717, 1.165) is 23.4 Å². The Hall–Kier alpha value is -2.29. The van der Waals surface area contributed by atoms with Crippen LogP contribution in [-0.2, 0) is 17.8 Å². The Balaban J connectivity index is 1.70. The first-order valence-electron chi connectivity index (χ1n) is 9.58. The fourth-order valence-corrected chi connectivity index (χ4v) is 4.06. The molecule has 0 aromatic heterocycles. The molecule has 1 atom stereocenters. The van der Waals surface area contributed by atoms with Gasteiger partial charge < -0.3 is 10.1 Å². The molecule has 0 saturated heterocycles. The summed E-state index contributed by atoms with van der Waals surface area (Å²) in [5.74, 6) is 0.655. The molecule has 1 unspecified atom stereocenters. The van der Waals surface area contributed by atoms with Crippen LogP contribution in [0.4, 0.5) is 4.39 Å². The van der Waals surface area contributed by atoms with Crippen LogP contribution in [-0.4, -0.2) is 6.04 Å². The van der Waals surface area contributed by atoms with Gasteiger partial charge in [-0.25, -0.2) is 4.39 Å². The topological polar surface area (TPSA) is 21.3 Å². The molecular formula is C24H30FNO. The smallest absolute Gasteiger partial charge is 0.183 e. The minimum absolute atomic E-state index is 0.0429. The molecule has 0 fully saturated rings. The summed E-state index contributed by atoms with van der Waals surface area (Å²) < 4.78 is 19.3. The SMILES string of the molecule is CC(C)(C)C1NC(OCc2ccccc2Cc2ccc(F)cc2)=CC1(C)C. The van der Waals surface area contributed by atoms with Gasteiger partial charge in [-0.15, -0.1) is 0 Å². The highest BCUT2D eigenvalue weighted by atomic mass is 19.1. The number of hydrogen-bond donors (Lipinski definition) is 1. The Morgan fingerprint density at radius 1 is 1.00 bits per heavy atom. The van der Waals surface area contributed by atoms with Crippen LogP contribution < -0.4 is 5.32 Å². The Morgan fingerprint density at radius 3 is 2.22 bits per heavy atom. The van der Waals surface area contributed by atoms with Gasteiger partial charge in [0.05, 0.1) is 0 Å². The first-order valence-corrected chi connectivity index (χ1v) is 9.58. The van der Waals surface area contributed by atoms with Gasteiger partial charge in [-0.3, -0.25) is 0 Å². The lowest BCUT2D eigenvalue weighted by molar-refractivity contribution is 0.146. The molecule has 2 aromatic carbocycles. The maximum Gasteiger partial charge on any atom is 0.183 e. The molecule has 1 heterocycles. The summed E-state index contributed by atoms with van der Waals surface area (Å²) >= 11 is 0. The summed E-state index contributed by atoms with van der Waals surface area (Å²) in [4.78, 5) is 0. The largest absolute Gasteiger partial charge is 0.475 e. The first-order chi connectivity index (χ1) is 12.6. The van der Waals surface area contributed by atoms with E-state index in [0.29, 0.717) is 12.6 Å². The van der Waals surface area contributed by atoms with Gasteiger partial charge in [-0.05, 0) is 46.7 Å². The molecule has 2 nitrogen and oxygen atoms in total. The molecule has 0 aliphatic carbocycles. The summed E-state index contributed by atoms with van der Waals surface area (Å²) in [6.07, 6.45) is 2.97. The van der Waals surface area contributed by atoms with Crippen LogP contribution in [0.2, 0.25) is 0 Å². The summed E-state index contributed by atoms with van der Waals surface area (Å²) in [5, 5.41) is 3.56. The highest BCUT2D eigenvalue weighted by Crippen LogP contribution is 2.40. The average Bonchev–Trinajstić information content (AvgIpc) is 2.91. The van der Waals surface area contributed by atoms with Crippen molar-refractivity contribution in [3.63, 3.8) is 0 Å². The lowest BCUT2D eigenvalue weighted by Crippen LogP contribution is -2.44. The maximum atomic E-state index is 13.1. The number of benzene rings is 2. The molecule has 2 aromatic rings. The number of ether oxygens (including phenoxy) is 1. The highest BCUT2D eigenvalue weighted by molar-refractivity contribution is 5.32. The minimum atomic E-state index is -0.203. The molecule has 0 saturated carbocycles. The molecule has 0 bridgehead atoms. The predicted molar refractivity (Wildman–Crippen MR) is 109 cm³/mol. The van der Waals surface area contributed by atoms with Gasteiger partial charge in [0, 0.05) is 11.5 Å². The number of nitrogens with one attached hydrogen (secondary N) is 1. The molecule has 27 heavy (non-hydrogen) atoms. The van der Waals surface area contributed by atoms with E-state index in [1.54, 1.807) is 0 Å². The third-order valence-electron chi connectivity index (χ3n) is 5.21. The predicted octanol–water partition coefficient (Wildman–Crippen LogP) is 5.82. The second-order valence-corrected chi connectivity index (χ2v) is 9.13. The summed E-state index contributed by atoms with van der Waals surface area (Å²) in [5.41, 5.74) is 3.64. The maximum absolute atomic E-state index is 13.1. The zero-order valence-corrected chi connectivity index (χ0v) is 17.0. The molecule has 0 amide bonds. The summed E-state index contributed by atoms with van der Waals surface area (Å²) in [6, 6.07) is 15.3. The van der Waals surface area contributed by atoms with Crippen molar-refractivity contribution >= 4 is 0 Å². The third-order valence-corrected chi connectivity index (χ3v) is 5.21. The van der Waals surface area contributed by atoms with E-state index in [1.807, 2.05) is 24.3 Å². The van der Waals surface area contributed by atoms with Gasteiger partial charge in [0.1, 0.15) is 12.4 Å². The zero-order chi connectivity index (χ0) is 19.7. The number of rotatable bonds is 5. The van der Waals surface area contributed by atoms with E-state index >= 15 is 0 Å². The molecule has 1 N–H and O–H groups in total. The van der Waals surface area contributed by atoms with Crippen molar-refractivity contribution in [2.45, 2.75) is 53.7 Å². The standard InChI is InChI=1S/C24H30FNO/c1-23(2,3)22-24(4,5)15-21(26-22)27-16-19-9-7-6-8-18(19)14-17-10-12-20(25)13-11-17/h6-13,15,22,26H,14,16H2,1-5H3. The summed E-state index contributed by atoms with van der Waals surface area (Å²) in [7, 11) is 0. The second kappa shape index (κ2) is 7.38. The van der Waals surface area contributed by atoms with Crippen molar-refractivity contribution in [1.29, 1.82) is 0 Å². The number of hydrogen-bond acceptors (Lipinski definition) is 2. The lowest BCUT2D eigenvalue weighted by atomic mass is 9.73. The molecule has 144 valence electrons. The second-order valence-electron chi connectivity index (χ2n) is 9.13. The Kier molecular flexibility index (Phi) is 5.32. The quantitative estimate of drug-likeness (QED) is 0.719. The van der Waals surface area contributed by atoms with Crippen LogP contribution in [0.1, 0.15) is 51.3 Å². The zero-order valence-electron chi connectivity index (χ0n) is 17.0. The minimum Gasteiger partial charge on any atom is -0.475 e. The average molecular weight is 368 g/mol. The Labute approximate surface area is 162 Å². The van der Waals surface area contributed by atoms with Crippen LogP contribution in [0.3, 0.4) is 0 Å². The fourth-order valence-electron chi connectivity index (χ4n) is 4.06. The molecule has 3 rings (SSSR count). The molecule has 0 spiro atoms. The van der Waals surface area contributed by atoms with Crippen molar-refractivity contribution in [3.8, 4) is 0 Å². The van der Waals surface area contributed by atoms with E-state index < -0.39 is 0 Å². The van der Waals surface area contributed by atoms with E-state index in [2.05, 4.69) is 58.1 Å². The molecule has 1 aliphatic heterocycles. The van der Waals surface area contributed by atoms with Crippen LogP contribution in [0.15, 0.2) is 60.5 Å². The monoisotopic (exact) mass is 367 g/mol. The van der Waals surface area contributed by atoms with Gasteiger partial charge in [-0.2, -0.15) is 0 Å². The third kappa shape index (κ3) is 4.71. The molecule has 1 aliphatic rings. The number of halogens is 1. The fraction of sp³-hybridized carbons (Fsp3) is 0.417. The van der Waals surface area contributed by atoms with Crippen molar-refractivity contribution in [2.24, 2.45) is 10.8 Å². The van der Waals surface area contributed by atoms with Crippen LogP contribution in [0.25, 0.3) is 0 Å². The Morgan fingerprint density at radius 2 is 1.63 bits per heavy atom. The van der Waals surface area contributed by atoms with E-state index in [4.69, 9.17) is 4.74 Å². The highest BCUT2D eigenvalue weighted by Gasteiger charge is 2.42. The molecule has 3 heteroatoms. The van der Waals surface area contributed by atoms with E-state index in [-0.39, 0.29) is 16.6 Å². The van der Waals surface area contributed by atoms with Gasteiger partial charge in [0.15, 0.2) is 5.88 Å². The van der Waals surface area contributed by atoms with Crippen molar-refractivity contribution in [3.05, 3.63) is 83.0 Å². The molecular weight excluding hydrogens is 337 g/mol. The lowest BCUT2D eigenvalue weighted by Gasteiger charge is -2.37. The molecule has 0 radical (unpaired) electrons. The Bertz CT molecular complexity index is 815. The van der Waals surface area contributed by atoms with Crippen LogP contribution in [0, 0.1) is 16.6 Å². The van der Waals surface area contributed by atoms with Gasteiger partial charge in [-0.1, -0.05) is 71.0 Å². The van der Waals surface area contributed by atoms with E-state index in [1.165, 1.54) is 17.7 Å². The van der Waals surface area contributed by atoms with Gasteiger partial charge >= 0.3 is 0 Å².